The van der Waals surface area contributed by atoms with E-state index in [0.29, 0.717) is 17.7 Å². The van der Waals surface area contributed by atoms with Crippen molar-refractivity contribution in [2.24, 2.45) is 5.73 Å². The standard InChI is InChI=1S/C14H18N6/c1-9(2)10-3-5-11(6-4-10)19-7-8-20-13(12(19)15)17-18-14(20)16/h3-9,12H,15H2,1-2H3,(H2,16,18). The number of benzene rings is 1. The number of nitrogens with two attached hydrogens (primary N) is 2. The first-order chi connectivity index (χ1) is 9.58. The van der Waals surface area contributed by atoms with Gasteiger partial charge >= 0.3 is 0 Å². The number of nitrogen functional groups attached to an aromatic ring is 1. The molecule has 0 amide bonds. The van der Waals surface area contributed by atoms with E-state index in [4.69, 9.17) is 11.5 Å². The number of hydrogen-bond acceptors (Lipinski definition) is 5. The van der Waals surface area contributed by atoms with Crippen LogP contribution in [-0.4, -0.2) is 14.8 Å². The molecule has 0 radical (unpaired) electrons. The monoisotopic (exact) mass is 270 g/mol. The summed E-state index contributed by atoms with van der Waals surface area (Å²) < 4.78 is 1.70. The summed E-state index contributed by atoms with van der Waals surface area (Å²) in [5.74, 6) is 1.50. The average molecular weight is 270 g/mol. The van der Waals surface area contributed by atoms with Gasteiger partial charge in [0.1, 0.15) is 6.17 Å². The van der Waals surface area contributed by atoms with Crippen LogP contribution in [0.1, 0.15) is 37.3 Å². The van der Waals surface area contributed by atoms with Crippen LogP contribution >= 0.6 is 0 Å². The molecule has 0 aliphatic carbocycles. The summed E-state index contributed by atoms with van der Waals surface area (Å²) in [4.78, 5) is 1.95. The van der Waals surface area contributed by atoms with Gasteiger partial charge in [-0.1, -0.05) is 26.0 Å². The van der Waals surface area contributed by atoms with Crippen molar-refractivity contribution in [3.05, 3.63) is 41.9 Å². The lowest BCUT2D eigenvalue weighted by atomic mass is 10.0. The van der Waals surface area contributed by atoms with Crippen molar-refractivity contribution in [1.82, 2.24) is 14.8 Å². The number of aromatic nitrogens is 3. The van der Waals surface area contributed by atoms with Gasteiger partial charge in [0.2, 0.25) is 5.95 Å². The molecule has 1 aromatic heterocycles. The second kappa shape index (κ2) is 4.64. The van der Waals surface area contributed by atoms with Crippen molar-refractivity contribution in [2.45, 2.75) is 25.9 Å². The van der Waals surface area contributed by atoms with Gasteiger partial charge in [0, 0.05) is 18.1 Å². The normalized spacial score (nSPS) is 17.6. The topological polar surface area (TPSA) is 86.0 Å². The number of nitrogens with zero attached hydrogens (tertiary/aromatic N) is 4. The Morgan fingerprint density at radius 1 is 1.10 bits per heavy atom. The highest BCUT2D eigenvalue weighted by Gasteiger charge is 2.25. The molecule has 1 atom stereocenters. The molecule has 1 aliphatic rings. The number of fused-ring (bicyclic) bond motifs is 1. The quantitative estimate of drug-likeness (QED) is 0.870. The summed E-state index contributed by atoms with van der Waals surface area (Å²) in [7, 11) is 0. The molecule has 0 saturated carbocycles. The maximum atomic E-state index is 6.23. The van der Waals surface area contributed by atoms with Crippen molar-refractivity contribution in [2.75, 3.05) is 10.6 Å². The summed E-state index contributed by atoms with van der Waals surface area (Å²) >= 11 is 0. The molecule has 3 rings (SSSR count). The molecule has 2 aromatic rings. The van der Waals surface area contributed by atoms with Gasteiger partial charge in [0.05, 0.1) is 0 Å². The second-order valence-corrected chi connectivity index (χ2v) is 5.18. The Bertz CT molecular complexity index is 640. The minimum atomic E-state index is -0.394. The van der Waals surface area contributed by atoms with Crippen molar-refractivity contribution in [3.63, 3.8) is 0 Å². The zero-order valence-electron chi connectivity index (χ0n) is 11.6. The van der Waals surface area contributed by atoms with Crippen LogP contribution in [0.4, 0.5) is 11.6 Å². The van der Waals surface area contributed by atoms with Gasteiger partial charge < -0.3 is 16.4 Å². The molecule has 6 nitrogen and oxygen atoms in total. The van der Waals surface area contributed by atoms with Crippen molar-refractivity contribution in [3.8, 4) is 0 Å². The summed E-state index contributed by atoms with van der Waals surface area (Å²) in [6.07, 6.45) is 3.32. The van der Waals surface area contributed by atoms with E-state index in [1.807, 2.05) is 17.3 Å². The second-order valence-electron chi connectivity index (χ2n) is 5.18. The Balaban J connectivity index is 1.92. The molecule has 1 aliphatic heterocycles. The Morgan fingerprint density at radius 3 is 2.45 bits per heavy atom. The van der Waals surface area contributed by atoms with E-state index in [2.05, 4.69) is 48.3 Å². The van der Waals surface area contributed by atoms with Crippen LogP contribution in [0, 0.1) is 0 Å². The van der Waals surface area contributed by atoms with Crippen molar-refractivity contribution < 1.29 is 0 Å². The van der Waals surface area contributed by atoms with Crippen molar-refractivity contribution >= 4 is 17.8 Å². The highest BCUT2D eigenvalue weighted by molar-refractivity contribution is 5.57. The maximum Gasteiger partial charge on any atom is 0.226 e. The molecular weight excluding hydrogens is 252 g/mol. The van der Waals surface area contributed by atoms with E-state index in [-0.39, 0.29) is 0 Å². The predicted octanol–water partition coefficient (Wildman–Crippen LogP) is 1.89. The third-order valence-corrected chi connectivity index (χ3v) is 3.55. The molecule has 6 heteroatoms. The lowest BCUT2D eigenvalue weighted by molar-refractivity contribution is 0.649. The number of rotatable bonds is 2. The van der Waals surface area contributed by atoms with E-state index in [0.717, 1.165) is 5.69 Å². The molecule has 0 saturated heterocycles. The van der Waals surface area contributed by atoms with Crippen LogP contribution in [-0.2, 0) is 0 Å². The molecule has 20 heavy (non-hydrogen) atoms. The molecule has 0 bridgehead atoms. The molecule has 104 valence electrons. The lowest BCUT2D eigenvalue weighted by Crippen LogP contribution is -2.35. The summed E-state index contributed by atoms with van der Waals surface area (Å²) in [6, 6.07) is 8.37. The Kier molecular flexibility index (Phi) is 2.94. The summed E-state index contributed by atoms with van der Waals surface area (Å²) in [6.45, 7) is 4.35. The Hall–Kier alpha value is -2.34. The van der Waals surface area contributed by atoms with Crippen LogP contribution in [0.3, 0.4) is 0 Å². The first kappa shape index (κ1) is 12.7. The molecular formula is C14H18N6. The predicted molar refractivity (Wildman–Crippen MR) is 79.7 cm³/mol. The van der Waals surface area contributed by atoms with Gasteiger partial charge in [-0.2, -0.15) is 0 Å². The van der Waals surface area contributed by atoms with E-state index in [1.165, 1.54) is 5.56 Å². The number of anilines is 2. The van der Waals surface area contributed by atoms with Crippen LogP contribution in [0.15, 0.2) is 30.5 Å². The molecule has 4 N–H and O–H groups in total. The zero-order chi connectivity index (χ0) is 14.3. The van der Waals surface area contributed by atoms with Crippen LogP contribution in [0.25, 0.3) is 6.20 Å². The van der Waals surface area contributed by atoms with E-state index < -0.39 is 6.17 Å². The van der Waals surface area contributed by atoms with E-state index >= 15 is 0 Å². The highest BCUT2D eigenvalue weighted by Crippen LogP contribution is 2.29. The largest absolute Gasteiger partial charge is 0.368 e. The summed E-state index contributed by atoms with van der Waals surface area (Å²) in [5, 5.41) is 7.88. The molecule has 1 aromatic carbocycles. The number of hydrogen-bond donors (Lipinski definition) is 2. The Morgan fingerprint density at radius 2 is 1.80 bits per heavy atom. The Labute approximate surface area is 117 Å². The first-order valence-electron chi connectivity index (χ1n) is 6.60. The molecule has 2 heterocycles. The fourth-order valence-electron chi connectivity index (χ4n) is 2.30. The molecule has 0 fully saturated rings. The molecule has 0 spiro atoms. The van der Waals surface area contributed by atoms with Gasteiger partial charge in [0.25, 0.3) is 0 Å². The minimum absolute atomic E-state index is 0.349. The van der Waals surface area contributed by atoms with Gasteiger partial charge in [0.15, 0.2) is 5.82 Å². The minimum Gasteiger partial charge on any atom is -0.368 e. The fourth-order valence-corrected chi connectivity index (χ4v) is 2.30. The lowest BCUT2D eigenvalue weighted by Gasteiger charge is -2.30. The average Bonchev–Trinajstić information content (AvgIpc) is 2.82. The van der Waals surface area contributed by atoms with E-state index in [1.54, 1.807) is 4.57 Å². The van der Waals surface area contributed by atoms with Gasteiger partial charge in [-0.15, -0.1) is 10.2 Å². The SMILES string of the molecule is CC(C)c1ccc(N2C=Cn3c(N)nnc3C2N)cc1. The third kappa shape index (κ3) is 1.94. The fraction of sp³-hybridized carbons (Fsp3) is 0.286. The smallest absolute Gasteiger partial charge is 0.226 e. The highest BCUT2D eigenvalue weighted by atomic mass is 15.4. The van der Waals surface area contributed by atoms with Gasteiger partial charge in [-0.25, -0.2) is 0 Å². The van der Waals surface area contributed by atoms with Gasteiger partial charge in [-0.05, 0) is 23.6 Å². The van der Waals surface area contributed by atoms with Crippen molar-refractivity contribution in [1.29, 1.82) is 0 Å². The van der Waals surface area contributed by atoms with Crippen LogP contribution in [0.2, 0.25) is 0 Å². The van der Waals surface area contributed by atoms with Crippen LogP contribution < -0.4 is 16.4 Å². The maximum absolute atomic E-state index is 6.23. The third-order valence-electron chi connectivity index (χ3n) is 3.55. The first-order valence-corrected chi connectivity index (χ1v) is 6.60. The van der Waals surface area contributed by atoms with Gasteiger partial charge in [-0.3, -0.25) is 4.57 Å². The molecule has 1 unspecified atom stereocenters. The van der Waals surface area contributed by atoms with E-state index in [9.17, 15) is 0 Å². The zero-order valence-corrected chi connectivity index (χ0v) is 11.6. The van der Waals surface area contributed by atoms with Crippen LogP contribution in [0.5, 0.6) is 0 Å². The summed E-state index contributed by atoms with van der Waals surface area (Å²) in [5.41, 5.74) is 14.3.